The number of nitrogens with two attached hydrogens (primary N) is 1. The lowest BCUT2D eigenvalue weighted by molar-refractivity contribution is 0.513. The zero-order valence-electron chi connectivity index (χ0n) is 16.5. The van der Waals surface area contributed by atoms with Gasteiger partial charge in [-0.2, -0.15) is 16.7 Å². The van der Waals surface area contributed by atoms with Crippen molar-refractivity contribution in [2.45, 2.75) is 26.2 Å². The van der Waals surface area contributed by atoms with Crippen LogP contribution in [0.5, 0.6) is 0 Å². The fourth-order valence-electron chi connectivity index (χ4n) is 3.12. The van der Waals surface area contributed by atoms with Crippen molar-refractivity contribution in [3.8, 4) is 0 Å². The van der Waals surface area contributed by atoms with E-state index in [1.54, 1.807) is 0 Å². The van der Waals surface area contributed by atoms with E-state index in [4.69, 9.17) is 5.73 Å². The fraction of sp³-hybridized carbons (Fsp3) is 0.286. The number of rotatable bonds is 7. The van der Waals surface area contributed by atoms with Gasteiger partial charge in [0.2, 0.25) is 5.95 Å². The van der Waals surface area contributed by atoms with E-state index in [0.717, 1.165) is 44.2 Å². The van der Waals surface area contributed by atoms with Gasteiger partial charge in [-0.15, -0.1) is 0 Å². The summed E-state index contributed by atoms with van der Waals surface area (Å²) in [5.41, 5.74) is 10.1. The molecule has 0 spiro atoms. The Hall–Kier alpha value is -2.64. The second kappa shape index (κ2) is 8.16. The summed E-state index contributed by atoms with van der Waals surface area (Å²) >= 11 is 0. The highest BCUT2D eigenvalue weighted by molar-refractivity contribution is 7.87. The van der Waals surface area contributed by atoms with E-state index in [9.17, 15) is 8.42 Å². The number of fused-ring (bicyclic) bond motifs is 1. The Labute approximate surface area is 166 Å². The van der Waals surface area contributed by atoms with E-state index in [0.29, 0.717) is 11.0 Å². The van der Waals surface area contributed by atoms with Crippen LogP contribution in [0.25, 0.3) is 16.6 Å². The normalized spacial score (nSPS) is 12.8. The van der Waals surface area contributed by atoms with Crippen LogP contribution in [0, 0.1) is 0 Å². The second-order valence-corrected chi connectivity index (χ2v) is 8.85. The smallest absolute Gasteiger partial charge is 0.310 e. The van der Waals surface area contributed by atoms with Crippen molar-refractivity contribution in [1.29, 1.82) is 0 Å². The minimum Gasteiger partial charge on any atom is -0.368 e. The average molecular weight is 399 g/mol. The van der Waals surface area contributed by atoms with E-state index in [2.05, 4.69) is 30.1 Å². The van der Waals surface area contributed by atoms with Gasteiger partial charge in [-0.3, -0.25) is 0 Å². The number of hydrogen-bond acceptors (Lipinski definition) is 4. The lowest BCUT2D eigenvalue weighted by atomic mass is 9.96. The number of benzene rings is 2. The molecule has 0 fully saturated rings. The Morgan fingerprint density at radius 1 is 1.14 bits per heavy atom. The van der Waals surface area contributed by atoms with Gasteiger partial charge < -0.3 is 5.73 Å². The summed E-state index contributed by atoms with van der Waals surface area (Å²) in [5, 5.41) is 0. The standard InChI is InChI=1S/C21H26N4O2S/c1-4-5-7-12-18(16-10-8-6-9-11-16)17-13-14-19-20(15-17)25(21(22)23-19)28(26,27)24(2)3/h6,8-15H,4-5,7H2,1-3H3,(H2,22,23). The third kappa shape index (κ3) is 3.81. The van der Waals surface area contributed by atoms with Crippen LogP contribution in [0.2, 0.25) is 0 Å². The molecule has 0 bridgehead atoms. The molecule has 0 aliphatic carbocycles. The Kier molecular flexibility index (Phi) is 5.86. The fourth-order valence-corrected chi connectivity index (χ4v) is 4.12. The molecule has 0 atom stereocenters. The SMILES string of the molecule is CCCCC=C(c1ccccc1)c1ccc2nc(N)n(S(=O)(=O)N(C)C)c2c1. The van der Waals surface area contributed by atoms with Crippen molar-refractivity contribution >= 4 is 32.8 Å². The van der Waals surface area contributed by atoms with Crippen molar-refractivity contribution in [1.82, 2.24) is 13.3 Å². The molecule has 3 aromatic rings. The van der Waals surface area contributed by atoms with E-state index in [-0.39, 0.29) is 5.95 Å². The maximum atomic E-state index is 12.7. The summed E-state index contributed by atoms with van der Waals surface area (Å²) in [7, 11) is -0.822. The van der Waals surface area contributed by atoms with Gasteiger partial charge in [0, 0.05) is 14.1 Å². The molecule has 3 rings (SSSR count). The molecule has 2 aromatic carbocycles. The first-order valence-corrected chi connectivity index (χ1v) is 10.7. The van der Waals surface area contributed by atoms with Gasteiger partial charge in [0.25, 0.3) is 0 Å². The number of unbranched alkanes of at least 4 members (excludes halogenated alkanes) is 2. The predicted octanol–water partition coefficient (Wildman–Crippen LogP) is 3.89. The zero-order valence-corrected chi connectivity index (χ0v) is 17.3. The summed E-state index contributed by atoms with van der Waals surface area (Å²) in [6.07, 6.45) is 5.38. The van der Waals surface area contributed by atoms with E-state index < -0.39 is 10.2 Å². The monoisotopic (exact) mass is 398 g/mol. The summed E-state index contributed by atoms with van der Waals surface area (Å²) in [5.74, 6) is -0.0444. The molecular weight excluding hydrogens is 372 g/mol. The summed E-state index contributed by atoms with van der Waals surface area (Å²) in [6, 6.07) is 15.7. The molecule has 7 heteroatoms. The number of hydrogen-bond donors (Lipinski definition) is 1. The van der Waals surface area contributed by atoms with Gasteiger partial charge in [0.1, 0.15) is 0 Å². The Balaban J connectivity index is 2.20. The molecule has 1 heterocycles. The highest BCUT2D eigenvalue weighted by atomic mass is 32.2. The van der Waals surface area contributed by atoms with Crippen molar-refractivity contribution in [2.24, 2.45) is 0 Å². The lowest BCUT2D eigenvalue weighted by Crippen LogP contribution is -2.29. The number of nitrogens with zero attached hydrogens (tertiary/aromatic N) is 3. The van der Waals surface area contributed by atoms with Crippen molar-refractivity contribution in [3.63, 3.8) is 0 Å². The van der Waals surface area contributed by atoms with Gasteiger partial charge in [-0.25, -0.2) is 4.98 Å². The van der Waals surface area contributed by atoms with Crippen LogP contribution in [0.3, 0.4) is 0 Å². The maximum absolute atomic E-state index is 12.7. The molecule has 0 aliphatic rings. The molecule has 0 saturated heterocycles. The van der Waals surface area contributed by atoms with Crippen LogP contribution in [0.1, 0.15) is 37.3 Å². The Morgan fingerprint density at radius 3 is 2.50 bits per heavy atom. The van der Waals surface area contributed by atoms with Crippen LogP contribution < -0.4 is 5.73 Å². The van der Waals surface area contributed by atoms with Crippen LogP contribution in [0.4, 0.5) is 5.95 Å². The van der Waals surface area contributed by atoms with Crippen molar-refractivity contribution in [3.05, 3.63) is 65.7 Å². The van der Waals surface area contributed by atoms with Crippen LogP contribution in [-0.4, -0.2) is 35.8 Å². The first-order valence-electron chi connectivity index (χ1n) is 9.33. The third-order valence-corrected chi connectivity index (χ3v) is 6.40. The third-order valence-electron chi connectivity index (χ3n) is 4.63. The number of aromatic nitrogens is 2. The lowest BCUT2D eigenvalue weighted by Gasteiger charge is -2.14. The van der Waals surface area contributed by atoms with Crippen LogP contribution in [0.15, 0.2) is 54.6 Å². The Morgan fingerprint density at radius 2 is 1.86 bits per heavy atom. The quantitative estimate of drug-likeness (QED) is 0.612. The largest absolute Gasteiger partial charge is 0.368 e. The summed E-state index contributed by atoms with van der Waals surface area (Å²) in [6.45, 7) is 2.16. The summed E-state index contributed by atoms with van der Waals surface area (Å²) in [4.78, 5) is 4.23. The molecular formula is C21H26N4O2S. The topological polar surface area (TPSA) is 81.2 Å². The molecule has 0 radical (unpaired) electrons. The maximum Gasteiger partial charge on any atom is 0.310 e. The van der Waals surface area contributed by atoms with E-state index >= 15 is 0 Å². The van der Waals surface area contributed by atoms with Crippen LogP contribution >= 0.6 is 0 Å². The molecule has 2 N–H and O–H groups in total. The van der Waals surface area contributed by atoms with E-state index in [1.807, 2.05) is 36.4 Å². The van der Waals surface area contributed by atoms with Crippen molar-refractivity contribution < 1.29 is 8.42 Å². The molecule has 6 nitrogen and oxygen atoms in total. The molecule has 148 valence electrons. The van der Waals surface area contributed by atoms with Gasteiger partial charge in [0.05, 0.1) is 11.0 Å². The van der Waals surface area contributed by atoms with Gasteiger partial charge >= 0.3 is 10.2 Å². The molecule has 1 aromatic heterocycles. The highest BCUT2D eigenvalue weighted by Gasteiger charge is 2.23. The first-order chi connectivity index (χ1) is 13.4. The van der Waals surface area contributed by atoms with E-state index in [1.165, 1.54) is 14.1 Å². The first kappa shape index (κ1) is 20.1. The van der Waals surface area contributed by atoms with Gasteiger partial charge in [-0.1, -0.05) is 62.2 Å². The predicted molar refractivity (Wildman–Crippen MR) is 115 cm³/mol. The number of allylic oxidation sites excluding steroid dienone is 1. The van der Waals surface area contributed by atoms with Gasteiger partial charge in [-0.05, 0) is 35.3 Å². The average Bonchev–Trinajstić information content (AvgIpc) is 3.01. The molecule has 28 heavy (non-hydrogen) atoms. The minimum atomic E-state index is -3.78. The minimum absolute atomic E-state index is 0.0444. The van der Waals surface area contributed by atoms with Gasteiger partial charge in [0.15, 0.2) is 0 Å². The molecule has 0 aliphatic heterocycles. The summed E-state index contributed by atoms with van der Waals surface area (Å²) < 4.78 is 27.7. The second-order valence-electron chi connectivity index (χ2n) is 6.85. The molecule has 0 amide bonds. The highest BCUT2D eigenvalue weighted by Crippen LogP contribution is 2.29. The molecule has 0 unspecified atom stereocenters. The Bertz CT molecular complexity index is 1100. The zero-order chi connectivity index (χ0) is 20.3. The molecule has 0 saturated carbocycles. The van der Waals surface area contributed by atoms with Crippen LogP contribution in [-0.2, 0) is 10.2 Å². The number of nitrogen functional groups attached to an aromatic ring is 1. The number of anilines is 1. The number of imidazole rings is 1. The van der Waals surface area contributed by atoms with Crippen molar-refractivity contribution in [2.75, 3.05) is 19.8 Å².